The lowest BCUT2D eigenvalue weighted by Gasteiger charge is -1.96. The van der Waals surface area contributed by atoms with Gasteiger partial charge in [0.2, 0.25) is 5.89 Å². The summed E-state index contributed by atoms with van der Waals surface area (Å²) in [6, 6.07) is 1.53. The first-order chi connectivity index (χ1) is 8.06. The van der Waals surface area contributed by atoms with E-state index in [4.69, 9.17) is 9.63 Å². The van der Waals surface area contributed by atoms with Crippen molar-refractivity contribution in [2.75, 3.05) is 0 Å². The molecule has 0 fully saturated rings. The van der Waals surface area contributed by atoms with Crippen LogP contribution < -0.4 is 0 Å². The number of nitrogens with zero attached hydrogens (tertiary/aromatic N) is 3. The maximum atomic E-state index is 10.7. The van der Waals surface area contributed by atoms with Crippen LogP contribution in [0, 0.1) is 0 Å². The molecule has 0 atom stereocenters. The molecule has 6 heteroatoms. The summed E-state index contributed by atoms with van der Waals surface area (Å²) in [5.41, 5.74) is 0.248. The monoisotopic (exact) mass is 235 g/mol. The molecule has 0 saturated carbocycles. The number of carbonyl (C=O) groups is 1. The summed E-state index contributed by atoms with van der Waals surface area (Å²) in [6.07, 6.45) is 3.21. The fraction of sp³-hybridized carbons (Fsp3) is 0.364. The molecule has 2 rings (SSSR count). The zero-order valence-electron chi connectivity index (χ0n) is 9.62. The second-order valence-corrected chi connectivity index (χ2v) is 4.08. The smallest absolute Gasteiger partial charge is 0.337 e. The molecule has 0 unspecified atom stereocenters. The van der Waals surface area contributed by atoms with Crippen LogP contribution in [-0.2, 0) is 6.54 Å². The molecule has 0 aliphatic rings. The van der Waals surface area contributed by atoms with Gasteiger partial charge in [0.1, 0.15) is 0 Å². The van der Waals surface area contributed by atoms with Gasteiger partial charge >= 0.3 is 5.97 Å². The Balaban J connectivity index is 2.11. The van der Waals surface area contributed by atoms with Gasteiger partial charge in [-0.1, -0.05) is 19.0 Å². The molecule has 0 aromatic carbocycles. The molecule has 2 aromatic rings. The highest BCUT2D eigenvalue weighted by Gasteiger charge is 2.11. The molecule has 0 aliphatic carbocycles. The van der Waals surface area contributed by atoms with Gasteiger partial charge < -0.3 is 14.2 Å². The molecule has 2 heterocycles. The maximum Gasteiger partial charge on any atom is 0.337 e. The number of aromatic nitrogens is 3. The van der Waals surface area contributed by atoms with Crippen LogP contribution in [0.5, 0.6) is 0 Å². The van der Waals surface area contributed by atoms with Crippen molar-refractivity contribution in [1.29, 1.82) is 0 Å². The lowest BCUT2D eigenvalue weighted by atomic mass is 10.2. The number of carboxylic acid groups (broad SMARTS) is 1. The van der Waals surface area contributed by atoms with Gasteiger partial charge in [-0.05, 0) is 6.07 Å². The number of rotatable bonds is 4. The van der Waals surface area contributed by atoms with Crippen molar-refractivity contribution in [3.63, 3.8) is 0 Å². The Hall–Kier alpha value is -2.11. The van der Waals surface area contributed by atoms with E-state index in [1.807, 2.05) is 13.8 Å². The normalized spacial score (nSPS) is 11.0. The minimum absolute atomic E-state index is 0.190. The number of aromatic carboxylic acids is 1. The summed E-state index contributed by atoms with van der Waals surface area (Å²) in [5.74, 6) is 0.377. The minimum atomic E-state index is -0.945. The molecular formula is C11H13N3O3. The van der Waals surface area contributed by atoms with E-state index in [9.17, 15) is 4.79 Å². The molecule has 6 nitrogen and oxygen atoms in total. The molecule has 0 aliphatic heterocycles. The van der Waals surface area contributed by atoms with Gasteiger partial charge in [0.05, 0.1) is 12.1 Å². The second-order valence-electron chi connectivity index (χ2n) is 4.08. The quantitative estimate of drug-likeness (QED) is 0.872. The van der Waals surface area contributed by atoms with E-state index in [1.54, 1.807) is 10.8 Å². The van der Waals surface area contributed by atoms with E-state index in [1.165, 1.54) is 12.3 Å². The van der Waals surface area contributed by atoms with Crippen molar-refractivity contribution in [1.82, 2.24) is 14.7 Å². The summed E-state index contributed by atoms with van der Waals surface area (Å²) in [5, 5.41) is 12.6. The first-order valence-corrected chi connectivity index (χ1v) is 5.28. The van der Waals surface area contributed by atoms with Crippen LogP contribution in [0.25, 0.3) is 0 Å². The highest BCUT2D eigenvalue weighted by molar-refractivity contribution is 5.87. The zero-order chi connectivity index (χ0) is 12.4. The van der Waals surface area contributed by atoms with Gasteiger partial charge in [-0.25, -0.2) is 4.79 Å². The number of hydrogen-bond donors (Lipinski definition) is 1. The van der Waals surface area contributed by atoms with Crippen LogP contribution in [0.2, 0.25) is 0 Å². The molecule has 0 saturated heterocycles. The molecule has 2 aromatic heterocycles. The Morgan fingerprint density at radius 1 is 1.59 bits per heavy atom. The van der Waals surface area contributed by atoms with Crippen LogP contribution in [0.1, 0.15) is 41.8 Å². The second kappa shape index (κ2) is 4.40. The molecule has 1 N–H and O–H groups in total. The Morgan fingerprint density at radius 3 is 2.88 bits per heavy atom. The third kappa shape index (κ3) is 2.52. The van der Waals surface area contributed by atoms with Crippen molar-refractivity contribution in [3.05, 3.63) is 35.7 Å². The van der Waals surface area contributed by atoms with Crippen molar-refractivity contribution in [3.8, 4) is 0 Å². The summed E-state index contributed by atoms with van der Waals surface area (Å²) in [6.45, 7) is 4.34. The van der Waals surface area contributed by atoms with Gasteiger partial charge in [-0.15, -0.1) is 0 Å². The van der Waals surface area contributed by atoms with E-state index >= 15 is 0 Å². The van der Waals surface area contributed by atoms with E-state index in [-0.39, 0.29) is 11.5 Å². The third-order valence-corrected chi connectivity index (χ3v) is 2.30. The van der Waals surface area contributed by atoms with Crippen LogP contribution in [0.15, 0.2) is 23.0 Å². The van der Waals surface area contributed by atoms with Crippen molar-refractivity contribution < 1.29 is 14.4 Å². The van der Waals surface area contributed by atoms with Crippen LogP contribution in [-0.4, -0.2) is 25.8 Å². The van der Waals surface area contributed by atoms with Crippen molar-refractivity contribution in [2.24, 2.45) is 0 Å². The number of carboxylic acids is 1. The average Bonchev–Trinajstić information content (AvgIpc) is 2.87. The van der Waals surface area contributed by atoms with Crippen LogP contribution in [0.3, 0.4) is 0 Å². The largest absolute Gasteiger partial charge is 0.478 e. The van der Waals surface area contributed by atoms with E-state index in [0.29, 0.717) is 18.3 Å². The van der Waals surface area contributed by atoms with Crippen LogP contribution in [0.4, 0.5) is 0 Å². The fourth-order valence-corrected chi connectivity index (χ4v) is 1.40. The van der Waals surface area contributed by atoms with Gasteiger partial charge in [0.25, 0.3) is 0 Å². The molecule has 0 bridgehead atoms. The highest BCUT2D eigenvalue weighted by Crippen LogP contribution is 2.11. The molecule has 0 spiro atoms. The highest BCUT2D eigenvalue weighted by atomic mass is 16.5. The van der Waals surface area contributed by atoms with Gasteiger partial charge in [0, 0.05) is 18.3 Å². The SMILES string of the molecule is CC(C)c1nc(Cn2ccc(C(=O)O)c2)no1. The molecular weight excluding hydrogens is 222 g/mol. The van der Waals surface area contributed by atoms with Crippen molar-refractivity contribution >= 4 is 5.97 Å². The number of hydrogen-bond acceptors (Lipinski definition) is 4. The minimum Gasteiger partial charge on any atom is -0.478 e. The first kappa shape index (κ1) is 11.4. The van der Waals surface area contributed by atoms with Crippen molar-refractivity contribution in [2.45, 2.75) is 26.3 Å². The molecule has 90 valence electrons. The zero-order valence-corrected chi connectivity index (χ0v) is 9.62. The maximum absolute atomic E-state index is 10.7. The van der Waals surface area contributed by atoms with E-state index < -0.39 is 5.97 Å². The van der Waals surface area contributed by atoms with Crippen LogP contribution >= 0.6 is 0 Å². The standard InChI is InChI=1S/C11H13N3O3/c1-7(2)10-12-9(13-17-10)6-14-4-3-8(5-14)11(15)16/h3-5,7H,6H2,1-2H3,(H,15,16). The Bertz CT molecular complexity index is 528. The summed E-state index contributed by atoms with van der Waals surface area (Å²) >= 11 is 0. The molecule has 0 radical (unpaired) electrons. The van der Waals surface area contributed by atoms with E-state index in [2.05, 4.69) is 10.1 Å². The summed E-state index contributed by atoms with van der Waals surface area (Å²) in [7, 11) is 0. The topological polar surface area (TPSA) is 81.2 Å². The lowest BCUT2D eigenvalue weighted by molar-refractivity contribution is 0.0697. The van der Waals surface area contributed by atoms with Gasteiger partial charge in [-0.3, -0.25) is 0 Å². The van der Waals surface area contributed by atoms with Gasteiger partial charge in [-0.2, -0.15) is 4.98 Å². The summed E-state index contributed by atoms with van der Waals surface area (Å²) < 4.78 is 6.77. The average molecular weight is 235 g/mol. The molecule has 0 amide bonds. The predicted molar refractivity (Wildman–Crippen MR) is 58.9 cm³/mol. The Morgan fingerprint density at radius 2 is 2.35 bits per heavy atom. The Kier molecular flexibility index (Phi) is 2.95. The molecule has 17 heavy (non-hydrogen) atoms. The van der Waals surface area contributed by atoms with Gasteiger partial charge in [0.15, 0.2) is 5.82 Å². The fourth-order valence-electron chi connectivity index (χ4n) is 1.40. The summed E-state index contributed by atoms with van der Waals surface area (Å²) in [4.78, 5) is 14.9. The lowest BCUT2D eigenvalue weighted by Crippen LogP contribution is -2.00. The van der Waals surface area contributed by atoms with E-state index in [0.717, 1.165) is 0 Å². The Labute approximate surface area is 97.9 Å². The first-order valence-electron chi connectivity index (χ1n) is 5.28. The predicted octanol–water partition coefficient (Wildman–Crippen LogP) is 1.74. The third-order valence-electron chi connectivity index (χ3n) is 2.30.